The molecule has 4 nitrogen and oxygen atoms in total. The quantitative estimate of drug-likeness (QED) is 0.795. The maximum Gasteiger partial charge on any atom is 0.187 e. The van der Waals surface area contributed by atoms with E-state index in [0.29, 0.717) is 24.1 Å². The van der Waals surface area contributed by atoms with E-state index >= 15 is 0 Å². The highest BCUT2D eigenvalue weighted by atomic mass is 19.1. The summed E-state index contributed by atoms with van der Waals surface area (Å²) in [5.41, 5.74) is 1.14. The van der Waals surface area contributed by atoms with Crippen molar-refractivity contribution in [3.05, 3.63) is 29.6 Å². The van der Waals surface area contributed by atoms with E-state index in [1.54, 1.807) is 24.0 Å². The molecule has 1 heterocycles. The third-order valence-electron chi connectivity index (χ3n) is 2.85. The van der Waals surface area contributed by atoms with Crippen LogP contribution in [0.15, 0.2) is 18.2 Å². The van der Waals surface area contributed by atoms with Crippen LogP contribution in [0.5, 0.6) is 0 Å². The third kappa shape index (κ3) is 2.30. The highest BCUT2D eigenvalue weighted by molar-refractivity contribution is 5.65. The Balaban J connectivity index is 2.25. The van der Waals surface area contributed by atoms with Gasteiger partial charge in [0.15, 0.2) is 12.5 Å². The number of aliphatic hydroxyl groups is 1. The molecule has 1 aromatic rings. The molecule has 5 heteroatoms. The molecular weight excluding hydrogens is 225 g/mol. The van der Waals surface area contributed by atoms with Gasteiger partial charge in [-0.1, -0.05) is 6.07 Å². The Hall–Kier alpha value is -1.46. The summed E-state index contributed by atoms with van der Waals surface area (Å²) < 4.78 is 18.7. The number of ether oxygens (including phenoxy) is 1. The van der Waals surface area contributed by atoms with Gasteiger partial charge in [0, 0.05) is 12.2 Å². The molecule has 2 atom stereocenters. The van der Waals surface area contributed by atoms with Crippen molar-refractivity contribution in [3.8, 4) is 0 Å². The van der Waals surface area contributed by atoms with Crippen LogP contribution in [0.1, 0.15) is 5.56 Å². The normalized spacial score (nSPS) is 24.1. The highest BCUT2D eigenvalue weighted by Gasteiger charge is 2.32. The first-order valence-corrected chi connectivity index (χ1v) is 5.40. The van der Waals surface area contributed by atoms with Gasteiger partial charge in [-0.25, -0.2) is 4.39 Å². The SMILES string of the molecule is Cc1ccc(N2C[C@@H](CO)OC2C=O)cc1F. The van der Waals surface area contributed by atoms with Crippen LogP contribution in [0.4, 0.5) is 10.1 Å². The van der Waals surface area contributed by atoms with E-state index < -0.39 is 12.3 Å². The van der Waals surface area contributed by atoms with Crippen molar-refractivity contribution in [3.63, 3.8) is 0 Å². The number of rotatable bonds is 3. The van der Waals surface area contributed by atoms with Gasteiger partial charge in [-0.05, 0) is 24.6 Å². The van der Waals surface area contributed by atoms with E-state index in [1.807, 2.05) is 0 Å². The van der Waals surface area contributed by atoms with Crippen LogP contribution >= 0.6 is 0 Å². The van der Waals surface area contributed by atoms with Crippen LogP contribution in [0.3, 0.4) is 0 Å². The molecule has 1 N–H and O–H groups in total. The van der Waals surface area contributed by atoms with Crippen molar-refractivity contribution in [2.45, 2.75) is 19.3 Å². The number of aldehydes is 1. The minimum atomic E-state index is -0.755. The van der Waals surface area contributed by atoms with Crippen LogP contribution in [0.25, 0.3) is 0 Å². The van der Waals surface area contributed by atoms with E-state index in [4.69, 9.17) is 9.84 Å². The van der Waals surface area contributed by atoms with Gasteiger partial charge < -0.3 is 14.7 Å². The molecule has 0 aliphatic carbocycles. The van der Waals surface area contributed by atoms with Gasteiger partial charge in [-0.15, -0.1) is 0 Å². The van der Waals surface area contributed by atoms with Crippen LogP contribution in [0.2, 0.25) is 0 Å². The fourth-order valence-electron chi connectivity index (χ4n) is 1.86. The number of carbonyl (C=O) groups excluding carboxylic acids is 1. The fraction of sp³-hybridized carbons (Fsp3) is 0.417. The zero-order chi connectivity index (χ0) is 12.4. The third-order valence-corrected chi connectivity index (χ3v) is 2.85. The summed E-state index contributed by atoms with van der Waals surface area (Å²) in [4.78, 5) is 12.5. The monoisotopic (exact) mass is 239 g/mol. The summed E-state index contributed by atoms with van der Waals surface area (Å²) in [6.07, 6.45) is -0.517. The van der Waals surface area contributed by atoms with Crippen molar-refractivity contribution in [1.82, 2.24) is 0 Å². The molecule has 2 rings (SSSR count). The smallest absolute Gasteiger partial charge is 0.187 e. The molecule has 1 aliphatic heterocycles. The van der Waals surface area contributed by atoms with Gasteiger partial charge >= 0.3 is 0 Å². The van der Waals surface area contributed by atoms with E-state index in [0.717, 1.165) is 0 Å². The Morgan fingerprint density at radius 1 is 1.65 bits per heavy atom. The average molecular weight is 239 g/mol. The second-order valence-electron chi connectivity index (χ2n) is 4.05. The maximum atomic E-state index is 13.4. The first-order chi connectivity index (χ1) is 8.15. The molecule has 1 aromatic carbocycles. The molecule has 1 unspecified atom stereocenters. The Morgan fingerprint density at radius 3 is 3.00 bits per heavy atom. The first kappa shape index (κ1) is 12.0. The van der Waals surface area contributed by atoms with Crippen LogP contribution in [-0.2, 0) is 9.53 Å². The molecule has 1 aliphatic rings. The van der Waals surface area contributed by atoms with Gasteiger partial charge in [0.2, 0.25) is 0 Å². The minimum absolute atomic E-state index is 0.158. The fourth-order valence-corrected chi connectivity index (χ4v) is 1.86. The number of halogens is 1. The summed E-state index contributed by atoms with van der Waals surface area (Å²) in [6, 6.07) is 4.76. The summed E-state index contributed by atoms with van der Waals surface area (Å²) in [7, 11) is 0. The second-order valence-corrected chi connectivity index (χ2v) is 4.05. The summed E-state index contributed by atoms with van der Waals surface area (Å²) >= 11 is 0. The van der Waals surface area contributed by atoms with E-state index in [2.05, 4.69) is 0 Å². The van der Waals surface area contributed by atoms with Gasteiger partial charge in [-0.2, -0.15) is 0 Å². The van der Waals surface area contributed by atoms with E-state index in [9.17, 15) is 9.18 Å². The lowest BCUT2D eigenvalue weighted by Gasteiger charge is -2.21. The lowest BCUT2D eigenvalue weighted by molar-refractivity contribution is -0.117. The highest BCUT2D eigenvalue weighted by Crippen LogP contribution is 2.25. The van der Waals surface area contributed by atoms with Crippen LogP contribution < -0.4 is 4.90 Å². The predicted molar refractivity (Wildman–Crippen MR) is 60.3 cm³/mol. The zero-order valence-corrected chi connectivity index (χ0v) is 9.47. The largest absolute Gasteiger partial charge is 0.394 e. The molecule has 0 saturated carbocycles. The number of nitrogens with zero attached hydrogens (tertiary/aromatic N) is 1. The number of benzene rings is 1. The maximum absolute atomic E-state index is 13.4. The van der Waals surface area contributed by atoms with Crippen LogP contribution in [-0.4, -0.2) is 36.9 Å². The molecule has 1 fully saturated rings. The second kappa shape index (κ2) is 4.81. The number of aliphatic hydroxyl groups excluding tert-OH is 1. The average Bonchev–Trinajstić information content (AvgIpc) is 2.76. The summed E-state index contributed by atoms with van der Waals surface area (Å²) in [5.74, 6) is -0.320. The van der Waals surface area contributed by atoms with Crippen molar-refractivity contribution in [2.75, 3.05) is 18.1 Å². The van der Waals surface area contributed by atoms with Crippen molar-refractivity contribution >= 4 is 12.0 Å². The summed E-state index contributed by atoms with van der Waals surface area (Å²) in [6.45, 7) is 1.89. The number of anilines is 1. The Labute approximate surface area is 98.6 Å². The Kier molecular flexibility index (Phi) is 3.40. The van der Waals surface area contributed by atoms with Crippen molar-refractivity contribution < 1.29 is 19.0 Å². The van der Waals surface area contributed by atoms with Gasteiger partial charge in [-0.3, -0.25) is 4.79 Å². The van der Waals surface area contributed by atoms with Gasteiger partial charge in [0.1, 0.15) is 11.9 Å². The molecule has 92 valence electrons. The topological polar surface area (TPSA) is 49.8 Å². The summed E-state index contributed by atoms with van der Waals surface area (Å²) in [5, 5.41) is 9.00. The molecule has 17 heavy (non-hydrogen) atoms. The molecule has 1 saturated heterocycles. The molecule has 0 amide bonds. The standard InChI is InChI=1S/C12H14FNO3/c1-8-2-3-9(4-11(8)13)14-5-10(6-15)17-12(14)7-16/h2-4,7,10,12,15H,5-6H2,1H3/t10-,12?/m0/s1. The van der Waals surface area contributed by atoms with Gasteiger partial charge in [0.05, 0.1) is 6.61 Å². The molecule has 0 bridgehead atoms. The zero-order valence-electron chi connectivity index (χ0n) is 9.47. The molecule has 0 aromatic heterocycles. The van der Waals surface area contributed by atoms with Crippen LogP contribution in [0, 0.1) is 12.7 Å². The Bertz CT molecular complexity index is 424. The number of aryl methyl sites for hydroxylation is 1. The van der Waals surface area contributed by atoms with E-state index in [1.165, 1.54) is 6.07 Å². The molecule has 0 spiro atoms. The number of carbonyl (C=O) groups is 1. The lowest BCUT2D eigenvalue weighted by Crippen LogP contribution is -2.31. The minimum Gasteiger partial charge on any atom is -0.394 e. The Morgan fingerprint density at radius 2 is 2.41 bits per heavy atom. The number of hydrogen-bond donors (Lipinski definition) is 1. The first-order valence-electron chi connectivity index (χ1n) is 5.40. The lowest BCUT2D eigenvalue weighted by atomic mass is 10.2. The van der Waals surface area contributed by atoms with E-state index in [-0.39, 0.29) is 12.4 Å². The van der Waals surface area contributed by atoms with Gasteiger partial charge in [0.25, 0.3) is 0 Å². The molecule has 0 radical (unpaired) electrons. The molecular formula is C12H14FNO3. The predicted octanol–water partition coefficient (Wildman–Crippen LogP) is 0.857. The van der Waals surface area contributed by atoms with Crippen molar-refractivity contribution in [1.29, 1.82) is 0 Å². The van der Waals surface area contributed by atoms with Crippen molar-refractivity contribution in [2.24, 2.45) is 0 Å². The number of hydrogen-bond acceptors (Lipinski definition) is 4.